The second-order valence-electron chi connectivity index (χ2n) is 9.73. The predicted octanol–water partition coefficient (Wildman–Crippen LogP) is 5.40. The van der Waals surface area contributed by atoms with Gasteiger partial charge < -0.3 is 4.90 Å². The molecule has 4 atom stereocenters. The van der Waals surface area contributed by atoms with Crippen LogP contribution in [-0.4, -0.2) is 17.9 Å². The molecular weight excluding hydrogens is 406 g/mol. The predicted molar refractivity (Wildman–Crippen MR) is 127 cm³/mol. The lowest BCUT2D eigenvalue weighted by Gasteiger charge is -2.36. The Morgan fingerprint density at radius 1 is 0.879 bits per heavy atom. The van der Waals surface area contributed by atoms with E-state index in [2.05, 4.69) is 53.5 Å². The minimum Gasteiger partial charge on any atom is -0.353 e. The lowest BCUT2D eigenvalue weighted by Crippen LogP contribution is -2.44. The maximum atomic E-state index is 13.9. The third-order valence-corrected chi connectivity index (χ3v) is 7.75. The summed E-state index contributed by atoms with van der Waals surface area (Å²) in [4.78, 5) is 16.2. The maximum absolute atomic E-state index is 13.9. The van der Waals surface area contributed by atoms with Crippen LogP contribution in [0.2, 0.25) is 0 Å². The molecule has 0 N–H and O–H groups in total. The molecule has 4 nitrogen and oxygen atoms in total. The molecule has 4 aliphatic rings. The molecule has 2 heterocycles. The number of rotatable bonds is 5. The van der Waals surface area contributed by atoms with Gasteiger partial charge in [0.2, 0.25) is 0 Å². The van der Waals surface area contributed by atoms with Crippen molar-refractivity contribution in [1.82, 2.24) is 0 Å². The Hall–Kier alpha value is -3.63. The van der Waals surface area contributed by atoms with Gasteiger partial charge in [-0.1, -0.05) is 60.7 Å². The average molecular weight is 432 g/mol. The number of benzene rings is 2. The molecule has 0 radical (unpaired) electrons. The molecule has 2 aliphatic heterocycles. The van der Waals surface area contributed by atoms with Crippen LogP contribution in [0.3, 0.4) is 0 Å². The van der Waals surface area contributed by atoms with Crippen molar-refractivity contribution < 1.29 is 4.79 Å². The van der Waals surface area contributed by atoms with Gasteiger partial charge in [-0.2, -0.15) is 10.5 Å². The standard InChI is InChI=1S/C29H25N3O/c30-16-22(17-31)25(20-10-11-20)27-24-15-14-18-6-4-5-9-23(18)32(24)28(29(33)21-12-13-21)26(27)19-7-2-1-3-8-19/h1-9,14-15,20-21,24,26-28H,10-13H2/t24-,26-,27-,28-/m0/s1. The first-order chi connectivity index (χ1) is 16.2. The topological polar surface area (TPSA) is 67.9 Å². The van der Waals surface area contributed by atoms with Crippen LogP contribution in [0.1, 0.15) is 42.7 Å². The van der Waals surface area contributed by atoms with Crippen molar-refractivity contribution in [3.63, 3.8) is 0 Å². The van der Waals surface area contributed by atoms with Crippen molar-refractivity contribution in [2.45, 2.75) is 43.7 Å². The summed E-state index contributed by atoms with van der Waals surface area (Å²) in [5.74, 6) is 0.530. The van der Waals surface area contributed by atoms with Gasteiger partial charge in [-0.05, 0) is 54.4 Å². The fraction of sp³-hybridized carbons (Fsp3) is 0.345. The molecule has 0 amide bonds. The number of nitrogens with zero attached hydrogens (tertiary/aromatic N) is 3. The number of para-hydroxylation sites is 1. The Labute approximate surface area is 194 Å². The number of hydrogen-bond donors (Lipinski definition) is 0. The van der Waals surface area contributed by atoms with Gasteiger partial charge in [0.15, 0.2) is 5.78 Å². The van der Waals surface area contributed by atoms with Crippen molar-refractivity contribution in [2.24, 2.45) is 17.8 Å². The van der Waals surface area contributed by atoms with Crippen molar-refractivity contribution in [3.05, 3.63) is 82.9 Å². The monoisotopic (exact) mass is 431 g/mol. The van der Waals surface area contributed by atoms with E-state index in [-0.39, 0.29) is 41.3 Å². The lowest BCUT2D eigenvalue weighted by atomic mass is 9.73. The number of ketones is 1. The number of anilines is 1. The van der Waals surface area contributed by atoms with Crippen molar-refractivity contribution >= 4 is 17.5 Å². The van der Waals surface area contributed by atoms with E-state index < -0.39 is 0 Å². The Morgan fingerprint density at radius 3 is 2.21 bits per heavy atom. The number of hydrogen-bond acceptors (Lipinski definition) is 4. The van der Waals surface area contributed by atoms with E-state index in [0.29, 0.717) is 5.78 Å². The first-order valence-electron chi connectivity index (χ1n) is 11.9. The van der Waals surface area contributed by atoms with Gasteiger partial charge in [0.25, 0.3) is 0 Å². The molecule has 0 spiro atoms. The highest BCUT2D eigenvalue weighted by molar-refractivity contribution is 5.95. The number of fused-ring (bicyclic) bond motifs is 3. The van der Waals surface area contributed by atoms with Crippen LogP contribution in [0.25, 0.3) is 6.08 Å². The van der Waals surface area contributed by atoms with E-state index in [1.807, 2.05) is 30.3 Å². The van der Waals surface area contributed by atoms with Gasteiger partial charge in [-0.3, -0.25) is 4.79 Å². The van der Waals surface area contributed by atoms with Crippen molar-refractivity contribution in [2.75, 3.05) is 4.90 Å². The maximum Gasteiger partial charge on any atom is 0.158 e. The third-order valence-electron chi connectivity index (χ3n) is 7.75. The smallest absolute Gasteiger partial charge is 0.158 e. The third kappa shape index (κ3) is 3.21. The lowest BCUT2D eigenvalue weighted by molar-refractivity contribution is -0.121. The molecule has 1 saturated heterocycles. The van der Waals surface area contributed by atoms with Crippen LogP contribution in [0.5, 0.6) is 0 Å². The Kier molecular flexibility index (Phi) is 4.70. The normalized spacial score (nSPS) is 27.2. The Morgan fingerprint density at radius 2 is 1.55 bits per heavy atom. The molecule has 162 valence electrons. The Balaban J connectivity index is 1.61. The highest BCUT2D eigenvalue weighted by Gasteiger charge is 2.57. The second-order valence-corrected chi connectivity index (χ2v) is 9.73. The van der Waals surface area contributed by atoms with Crippen LogP contribution in [0.4, 0.5) is 5.69 Å². The van der Waals surface area contributed by atoms with E-state index in [9.17, 15) is 15.3 Å². The van der Waals surface area contributed by atoms with Gasteiger partial charge in [-0.25, -0.2) is 0 Å². The van der Waals surface area contributed by atoms with Gasteiger partial charge in [0, 0.05) is 23.4 Å². The zero-order valence-electron chi connectivity index (χ0n) is 18.4. The number of allylic oxidation sites excluding steroid dienone is 1. The Bertz CT molecular complexity index is 1240. The first-order valence-corrected chi connectivity index (χ1v) is 11.9. The van der Waals surface area contributed by atoms with Crippen molar-refractivity contribution in [1.29, 1.82) is 10.5 Å². The first kappa shape index (κ1) is 20.0. The molecule has 2 aromatic carbocycles. The summed E-state index contributed by atoms with van der Waals surface area (Å²) in [5, 5.41) is 19.8. The van der Waals surface area contributed by atoms with Gasteiger partial charge >= 0.3 is 0 Å². The molecular formula is C29H25N3O. The largest absolute Gasteiger partial charge is 0.353 e. The van der Waals surface area contributed by atoms with E-state index in [1.165, 1.54) is 0 Å². The summed E-state index contributed by atoms with van der Waals surface area (Å²) in [6.45, 7) is 0. The highest BCUT2D eigenvalue weighted by Crippen LogP contribution is 2.57. The minimum absolute atomic E-state index is 0.0508. The molecule has 2 saturated carbocycles. The summed E-state index contributed by atoms with van der Waals surface area (Å²) in [6.07, 6.45) is 8.30. The van der Waals surface area contributed by atoms with Gasteiger partial charge in [0.05, 0.1) is 12.1 Å². The number of nitriles is 2. The van der Waals surface area contributed by atoms with Crippen LogP contribution in [0.15, 0.2) is 71.8 Å². The average Bonchev–Trinajstić information content (AvgIpc) is 3.78. The molecule has 2 aliphatic carbocycles. The number of Topliss-reactive ketones (excluding diaryl/α,β-unsaturated/α-hetero) is 1. The minimum atomic E-state index is -0.298. The summed E-state index contributed by atoms with van der Waals surface area (Å²) in [5.41, 5.74) is 4.54. The molecule has 2 aromatic rings. The van der Waals surface area contributed by atoms with Crippen LogP contribution in [0, 0.1) is 40.4 Å². The summed E-state index contributed by atoms with van der Waals surface area (Å²) in [6, 6.07) is 22.6. The van der Waals surface area contributed by atoms with Crippen LogP contribution >= 0.6 is 0 Å². The van der Waals surface area contributed by atoms with Crippen molar-refractivity contribution in [3.8, 4) is 12.1 Å². The summed E-state index contributed by atoms with van der Waals surface area (Å²) < 4.78 is 0. The zero-order valence-corrected chi connectivity index (χ0v) is 18.4. The summed E-state index contributed by atoms with van der Waals surface area (Å²) in [7, 11) is 0. The number of carbonyl (C=O) groups is 1. The fourth-order valence-corrected chi connectivity index (χ4v) is 6.09. The molecule has 3 fully saturated rings. The second kappa shape index (κ2) is 7.75. The molecule has 0 unspecified atom stereocenters. The van der Waals surface area contributed by atoms with E-state index >= 15 is 0 Å². The molecule has 0 aromatic heterocycles. The van der Waals surface area contributed by atoms with Gasteiger partial charge in [-0.15, -0.1) is 0 Å². The van der Waals surface area contributed by atoms with E-state index in [1.54, 1.807) is 0 Å². The summed E-state index contributed by atoms with van der Waals surface area (Å²) >= 11 is 0. The zero-order chi connectivity index (χ0) is 22.5. The number of carbonyl (C=O) groups excluding carboxylic acids is 1. The molecule has 33 heavy (non-hydrogen) atoms. The molecule has 4 heteroatoms. The van der Waals surface area contributed by atoms with Gasteiger partial charge in [0.1, 0.15) is 17.7 Å². The molecule has 6 rings (SSSR count). The molecule has 0 bridgehead atoms. The fourth-order valence-electron chi connectivity index (χ4n) is 6.09. The van der Waals surface area contributed by atoms with Crippen LogP contribution in [-0.2, 0) is 4.79 Å². The quantitative estimate of drug-likeness (QED) is 0.594. The van der Waals surface area contributed by atoms with Crippen LogP contribution < -0.4 is 4.90 Å². The van der Waals surface area contributed by atoms with E-state index in [4.69, 9.17) is 0 Å². The SMILES string of the molecule is N#CC(C#N)=C(C1CC1)[C@H]1[C@H](c2ccccc2)[C@@H](C(=O)C2CC2)N2c3ccccc3C=C[C@@H]12. The highest BCUT2D eigenvalue weighted by atomic mass is 16.1. The van der Waals surface area contributed by atoms with E-state index in [0.717, 1.165) is 48.1 Å².